The average Bonchev–Trinajstić information content (AvgIpc) is 3.39. The van der Waals surface area contributed by atoms with Gasteiger partial charge in [0.05, 0.1) is 0 Å². The van der Waals surface area contributed by atoms with E-state index in [4.69, 9.17) is 14.2 Å². The van der Waals surface area contributed by atoms with Crippen LogP contribution in [0.2, 0.25) is 0 Å². The first kappa shape index (κ1) is 69.1. The van der Waals surface area contributed by atoms with Crippen molar-refractivity contribution in [1.82, 2.24) is 0 Å². The van der Waals surface area contributed by atoms with Crippen LogP contribution in [0, 0.1) is 0 Å². The largest absolute Gasteiger partial charge is 0.462 e. The van der Waals surface area contributed by atoms with Crippen LogP contribution in [0.1, 0.15) is 278 Å². The third kappa shape index (κ3) is 58.8. The molecule has 1 atom stereocenters. The molecular formula is C67H112O6. The first-order chi connectivity index (χ1) is 36.0. The van der Waals surface area contributed by atoms with Crippen LogP contribution in [-0.4, -0.2) is 37.2 Å². The summed E-state index contributed by atoms with van der Waals surface area (Å²) in [5.74, 6) is -0.944. The van der Waals surface area contributed by atoms with Crippen molar-refractivity contribution in [3.8, 4) is 0 Å². The molecule has 0 heterocycles. The van der Waals surface area contributed by atoms with Gasteiger partial charge in [0.15, 0.2) is 6.10 Å². The van der Waals surface area contributed by atoms with Gasteiger partial charge in [-0.25, -0.2) is 0 Å². The number of hydrogen-bond donors (Lipinski definition) is 0. The van der Waals surface area contributed by atoms with E-state index < -0.39 is 6.10 Å². The van der Waals surface area contributed by atoms with Crippen LogP contribution in [-0.2, 0) is 28.6 Å². The second kappa shape index (κ2) is 60.6. The molecule has 416 valence electrons. The zero-order valence-corrected chi connectivity index (χ0v) is 47.6. The highest BCUT2D eigenvalue weighted by molar-refractivity contribution is 5.71. The van der Waals surface area contributed by atoms with Crippen molar-refractivity contribution >= 4 is 17.9 Å². The van der Waals surface area contributed by atoms with Crippen molar-refractivity contribution in [1.29, 1.82) is 0 Å². The van der Waals surface area contributed by atoms with Crippen molar-refractivity contribution < 1.29 is 28.6 Å². The monoisotopic (exact) mass is 1010 g/mol. The predicted molar refractivity (Wildman–Crippen MR) is 316 cm³/mol. The second-order valence-corrected chi connectivity index (χ2v) is 19.9. The van der Waals surface area contributed by atoms with Gasteiger partial charge in [-0.05, 0) is 109 Å². The smallest absolute Gasteiger partial charge is 0.306 e. The summed E-state index contributed by atoms with van der Waals surface area (Å²) in [4.78, 5) is 38.2. The molecule has 0 radical (unpaired) electrons. The summed E-state index contributed by atoms with van der Waals surface area (Å²) in [6.45, 7) is 6.49. The molecule has 0 spiro atoms. The zero-order valence-electron chi connectivity index (χ0n) is 47.6. The van der Waals surface area contributed by atoms with Crippen molar-refractivity contribution in [2.75, 3.05) is 13.2 Å². The fraction of sp³-hybridized carbons (Fsp3) is 0.687. The maximum Gasteiger partial charge on any atom is 0.306 e. The summed E-state index contributed by atoms with van der Waals surface area (Å²) in [6, 6.07) is 0. The van der Waals surface area contributed by atoms with E-state index in [1.807, 2.05) is 0 Å². The van der Waals surface area contributed by atoms with Crippen molar-refractivity contribution in [3.63, 3.8) is 0 Å². The van der Waals surface area contributed by atoms with Gasteiger partial charge in [-0.15, -0.1) is 0 Å². The van der Waals surface area contributed by atoms with Gasteiger partial charge in [0, 0.05) is 19.3 Å². The van der Waals surface area contributed by atoms with Crippen molar-refractivity contribution in [3.05, 3.63) is 109 Å². The lowest BCUT2D eigenvalue weighted by Crippen LogP contribution is -2.30. The molecule has 0 aliphatic rings. The molecule has 0 rings (SSSR count). The topological polar surface area (TPSA) is 78.9 Å². The van der Waals surface area contributed by atoms with Gasteiger partial charge in [0.25, 0.3) is 0 Å². The molecule has 0 aromatic carbocycles. The van der Waals surface area contributed by atoms with Crippen LogP contribution in [0.4, 0.5) is 0 Å². The fourth-order valence-electron chi connectivity index (χ4n) is 8.22. The summed E-state index contributed by atoms with van der Waals surface area (Å²) in [5.41, 5.74) is 0. The molecule has 1 unspecified atom stereocenters. The normalized spacial score (nSPS) is 12.9. The van der Waals surface area contributed by atoms with Crippen molar-refractivity contribution in [2.45, 2.75) is 284 Å². The number of carbonyl (C=O) groups is 3. The Morgan fingerprint density at radius 2 is 0.534 bits per heavy atom. The van der Waals surface area contributed by atoms with Gasteiger partial charge in [0.2, 0.25) is 0 Å². The van der Waals surface area contributed by atoms with Crippen LogP contribution in [0.3, 0.4) is 0 Å². The van der Waals surface area contributed by atoms with E-state index in [9.17, 15) is 14.4 Å². The SMILES string of the molecule is CC/C=C\C/C=C\C/C=C\C/C=C\C/C=C\C/C=C\C/C=C\C/C=C\CCCCC(=O)OCC(COC(=O)CCCCCCCCCCCCCCC)OC(=O)CCCCCCC/C=C\CCCCCCCC. The van der Waals surface area contributed by atoms with Crippen LogP contribution >= 0.6 is 0 Å². The molecule has 73 heavy (non-hydrogen) atoms. The van der Waals surface area contributed by atoms with Gasteiger partial charge < -0.3 is 14.2 Å². The number of esters is 3. The molecule has 0 saturated heterocycles. The Morgan fingerprint density at radius 3 is 0.877 bits per heavy atom. The quantitative estimate of drug-likeness (QED) is 0.0261. The molecule has 0 aromatic rings. The average molecular weight is 1010 g/mol. The molecule has 0 amide bonds. The molecular weight excluding hydrogens is 901 g/mol. The summed E-state index contributed by atoms with van der Waals surface area (Å²) in [6.07, 6.45) is 82.3. The third-order valence-electron chi connectivity index (χ3n) is 12.8. The summed E-state index contributed by atoms with van der Waals surface area (Å²) in [7, 11) is 0. The van der Waals surface area contributed by atoms with E-state index in [0.29, 0.717) is 19.3 Å². The molecule has 0 fully saturated rings. The first-order valence-corrected chi connectivity index (χ1v) is 30.4. The number of unbranched alkanes of at least 4 members (excludes halogenated alkanes) is 25. The lowest BCUT2D eigenvalue weighted by molar-refractivity contribution is -0.167. The number of hydrogen-bond acceptors (Lipinski definition) is 6. The van der Waals surface area contributed by atoms with Crippen LogP contribution in [0.15, 0.2) is 109 Å². The van der Waals surface area contributed by atoms with Crippen LogP contribution in [0.25, 0.3) is 0 Å². The lowest BCUT2D eigenvalue weighted by atomic mass is 10.0. The molecule has 0 N–H and O–H groups in total. The fourth-order valence-corrected chi connectivity index (χ4v) is 8.22. The van der Waals surface area contributed by atoms with E-state index >= 15 is 0 Å². The van der Waals surface area contributed by atoms with E-state index in [2.05, 4.69) is 130 Å². The number of rotatable bonds is 54. The Bertz CT molecular complexity index is 1490. The van der Waals surface area contributed by atoms with E-state index in [-0.39, 0.29) is 31.1 Å². The summed E-state index contributed by atoms with van der Waals surface area (Å²) < 4.78 is 16.8. The minimum Gasteiger partial charge on any atom is -0.462 e. The summed E-state index contributed by atoms with van der Waals surface area (Å²) in [5, 5.41) is 0. The Balaban J connectivity index is 4.42. The molecule has 0 aliphatic heterocycles. The first-order valence-electron chi connectivity index (χ1n) is 30.4. The minimum atomic E-state index is -0.800. The Hall–Kier alpha value is -3.93. The minimum absolute atomic E-state index is 0.0939. The standard InChI is InChI=1S/C67H112O6/c1-4-7-10-13-16-19-22-25-27-28-29-30-31-32-33-34-35-36-37-38-40-42-45-48-51-54-57-60-66(69)72-63-64(62-71-65(68)59-56-53-50-47-44-41-24-21-18-15-12-9-6-3)73-67(70)61-58-55-52-49-46-43-39-26-23-20-17-14-11-8-5-2/h7,10,16,19,25-27,29-30,32-33,35-36,38-40,45,48,64H,4-6,8-9,11-15,17-18,20-24,28,31,34,37,41-44,46-47,49-63H2,1-3H3/b10-7-,19-16-,27-25-,30-29-,33-32-,36-35-,39-26-,40-38-,48-45-. The predicted octanol–water partition coefficient (Wildman–Crippen LogP) is 20.7. The van der Waals surface area contributed by atoms with Gasteiger partial charge in [-0.2, -0.15) is 0 Å². The van der Waals surface area contributed by atoms with Gasteiger partial charge in [-0.1, -0.05) is 259 Å². The van der Waals surface area contributed by atoms with E-state index in [1.54, 1.807) is 0 Å². The van der Waals surface area contributed by atoms with E-state index in [0.717, 1.165) is 122 Å². The second-order valence-electron chi connectivity index (χ2n) is 19.9. The highest BCUT2D eigenvalue weighted by atomic mass is 16.6. The summed E-state index contributed by atoms with van der Waals surface area (Å²) >= 11 is 0. The number of ether oxygens (including phenoxy) is 3. The molecule has 0 bridgehead atoms. The van der Waals surface area contributed by atoms with Gasteiger partial charge >= 0.3 is 17.9 Å². The Labute approximate surface area is 450 Å². The third-order valence-corrected chi connectivity index (χ3v) is 12.8. The zero-order chi connectivity index (χ0) is 52.9. The highest BCUT2D eigenvalue weighted by Crippen LogP contribution is 2.15. The lowest BCUT2D eigenvalue weighted by Gasteiger charge is -2.18. The van der Waals surface area contributed by atoms with Crippen molar-refractivity contribution in [2.24, 2.45) is 0 Å². The maximum atomic E-state index is 12.9. The number of allylic oxidation sites excluding steroid dienone is 18. The van der Waals surface area contributed by atoms with Gasteiger partial charge in [-0.3, -0.25) is 14.4 Å². The van der Waals surface area contributed by atoms with Crippen LogP contribution < -0.4 is 0 Å². The molecule has 0 saturated carbocycles. The highest BCUT2D eigenvalue weighted by Gasteiger charge is 2.19. The Kier molecular flexibility index (Phi) is 57.4. The van der Waals surface area contributed by atoms with E-state index in [1.165, 1.54) is 116 Å². The maximum absolute atomic E-state index is 12.9. The number of carbonyl (C=O) groups excluding carboxylic acids is 3. The molecule has 6 heteroatoms. The van der Waals surface area contributed by atoms with Gasteiger partial charge in [0.1, 0.15) is 13.2 Å². The molecule has 0 aromatic heterocycles. The van der Waals surface area contributed by atoms with Crippen LogP contribution in [0.5, 0.6) is 0 Å². The molecule has 0 aliphatic carbocycles. The Morgan fingerprint density at radius 1 is 0.288 bits per heavy atom. The molecule has 6 nitrogen and oxygen atoms in total.